The van der Waals surface area contributed by atoms with E-state index in [-0.39, 0.29) is 23.5 Å². The van der Waals surface area contributed by atoms with Crippen LogP contribution in [0.1, 0.15) is 20.7 Å². The van der Waals surface area contributed by atoms with Crippen LogP contribution in [-0.2, 0) is 0 Å². The Bertz CT molecular complexity index is 438. The zero-order valence-electron chi connectivity index (χ0n) is 8.06. The van der Waals surface area contributed by atoms with Crippen molar-refractivity contribution in [2.45, 2.75) is 0 Å². The zero-order valence-corrected chi connectivity index (χ0v) is 8.06. The Hall–Kier alpha value is -2.48. The van der Waals surface area contributed by atoms with Crippen molar-refractivity contribution in [3.8, 4) is 18.1 Å². The van der Waals surface area contributed by atoms with Gasteiger partial charge in [-0.3, -0.25) is 0 Å². The van der Waals surface area contributed by atoms with E-state index in [1.807, 2.05) is 0 Å². The molecular weight excluding hydrogens is 212 g/mol. The van der Waals surface area contributed by atoms with E-state index in [1.54, 1.807) is 0 Å². The van der Waals surface area contributed by atoms with Crippen LogP contribution >= 0.6 is 0 Å². The van der Waals surface area contributed by atoms with E-state index < -0.39 is 11.9 Å². The number of rotatable bonds is 4. The number of ether oxygens (including phenoxy) is 1. The fraction of sp³-hybridized carbons (Fsp3) is 0.0909. The molecule has 0 heterocycles. The first-order valence-corrected chi connectivity index (χ1v) is 4.18. The SMILES string of the molecule is C#CCOc1cc(C(=O)[O-])cc(C(=O)[O-])c1. The molecule has 0 spiro atoms. The second-order valence-electron chi connectivity index (χ2n) is 2.81. The number of aromatic carboxylic acids is 2. The fourth-order valence-electron chi connectivity index (χ4n) is 1.04. The highest BCUT2D eigenvalue weighted by Gasteiger charge is 2.03. The Morgan fingerprint density at radius 2 is 1.69 bits per heavy atom. The number of hydrogen-bond acceptors (Lipinski definition) is 5. The first-order valence-electron chi connectivity index (χ1n) is 4.18. The van der Waals surface area contributed by atoms with Gasteiger partial charge < -0.3 is 24.5 Å². The summed E-state index contributed by atoms with van der Waals surface area (Å²) < 4.78 is 4.92. The summed E-state index contributed by atoms with van der Waals surface area (Å²) in [6.45, 7) is -0.0943. The van der Waals surface area contributed by atoms with Crippen molar-refractivity contribution in [3.05, 3.63) is 29.3 Å². The molecule has 0 radical (unpaired) electrons. The third-order valence-corrected chi connectivity index (χ3v) is 1.70. The Balaban J connectivity index is 3.14. The van der Waals surface area contributed by atoms with Gasteiger partial charge in [-0.25, -0.2) is 0 Å². The fourth-order valence-corrected chi connectivity index (χ4v) is 1.04. The summed E-state index contributed by atoms with van der Waals surface area (Å²) in [4.78, 5) is 21.2. The van der Waals surface area contributed by atoms with E-state index in [9.17, 15) is 19.8 Å². The van der Waals surface area contributed by atoms with Gasteiger partial charge in [0.15, 0.2) is 0 Å². The van der Waals surface area contributed by atoms with E-state index in [2.05, 4.69) is 5.92 Å². The zero-order chi connectivity index (χ0) is 12.1. The van der Waals surface area contributed by atoms with Crippen molar-refractivity contribution < 1.29 is 24.5 Å². The second-order valence-corrected chi connectivity index (χ2v) is 2.81. The van der Waals surface area contributed by atoms with Crippen molar-refractivity contribution in [1.29, 1.82) is 0 Å². The van der Waals surface area contributed by atoms with Gasteiger partial charge in [0.05, 0.1) is 11.9 Å². The van der Waals surface area contributed by atoms with Crippen LogP contribution in [0.15, 0.2) is 18.2 Å². The molecule has 0 amide bonds. The quantitative estimate of drug-likeness (QED) is 0.569. The van der Waals surface area contributed by atoms with Gasteiger partial charge in [-0.1, -0.05) is 5.92 Å². The van der Waals surface area contributed by atoms with Gasteiger partial charge in [0.25, 0.3) is 0 Å². The molecule has 1 aromatic rings. The first-order chi connectivity index (χ1) is 7.54. The smallest absolute Gasteiger partial charge is 0.148 e. The number of carboxylic acids is 2. The molecule has 5 heteroatoms. The minimum absolute atomic E-state index is 0.0406. The summed E-state index contributed by atoms with van der Waals surface area (Å²) in [5.74, 6) is -0.806. The highest BCUT2D eigenvalue weighted by molar-refractivity contribution is 5.92. The molecule has 0 N–H and O–H groups in total. The van der Waals surface area contributed by atoms with Gasteiger partial charge in [-0.05, 0) is 18.2 Å². The highest BCUT2D eigenvalue weighted by Crippen LogP contribution is 2.16. The minimum Gasteiger partial charge on any atom is -0.545 e. The van der Waals surface area contributed by atoms with E-state index >= 15 is 0 Å². The monoisotopic (exact) mass is 218 g/mol. The summed E-state index contributed by atoms with van der Waals surface area (Å²) in [6.07, 6.45) is 4.94. The maximum absolute atomic E-state index is 10.6. The molecule has 82 valence electrons. The van der Waals surface area contributed by atoms with Crippen LogP contribution in [0, 0.1) is 12.3 Å². The van der Waals surface area contributed by atoms with E-state index in [4.69, 9.17) is 11.2 Å². The second kappa shape index (κ2) is 4.84. The lowest BCUT2D eigenvalue weighted by Gasteiger charge is -2.10. The lowest BCUT2D eigenvalue weighted by atomic mass is 10.1. The molecule has 1 rings (SSSR count). The normalized spacial score (nSPS) is 9.19. The summed E-state index contributed by atoms with van der Waals surface area (Å²) in [7, 11) is 0. The van der Waals surface area contributed by atoms with Gasteiger partial charge in [-0.2, -0.15) is 0 Å². The van der Waals surface area contributed by atoms with Crippen molar-refractivity contribution in [2.75, 3.05) is 6.61 Å². The summed E-state index contributed by atoms with van der Waals surface area (Å²) in [5.41, 5.74) is -0.623. The summed E-state index contributed by atoms with van der Waals surface area (Å²) >= 11 is 0. The van der Waals surface area contributed by atoms with Crippen LogP contribution in [0.25, 0.3) is 0 Å². The molecule has 0 aromatic heterocycles. The first kappa shape index (κ1) is 11.6. The standard InChI is InChI=1S/C11H8O5/c1-2-3-16-9-5-7(10(12)13)4-8(6-9)11(14)15/h1,4-6H,3H2,(H,12,13)(H,14,15)/p-2. The maximum Gasteiger partial charge on any atom is 0.148 e. The molecule has 1 aromatic carbocycles. The van der Waals surface area contributed by atoms with Crippen LogP contribution in [0.2, 0.25) is 0 Å². The van der Waals surface area contributed by atoms with E-state index in [0.29, 0.717) is 0 Å². The van der Waals surface area contributed by atoms with Gasteiger partial charge in [0, 0.05) is 11.1 Å². The number of benzene rings is 1. The number of carboxylic acid groups (broad SMARTS) is 2. The molecule has 0 atom stereocenters. The number of terminal acetylenes is 1. The van der Waals surface area contributed by atoms with Crippen LogP contribution in [0.3, 0.4) is 0 Å². The Kier molecular flexibility index (Phi) is 3.51. The predicted octanol–water partition coefficient (Wildman–Crippen LogP) is -1.57. The van der Waals surface area contributed by atoms with Gasteiger partial charge in [0.2, 0.25) is 0 Å². The molecule has 0 saturated carbocycles. The molecule has 5 nitrogen and oxygen atoms in total. The van der Waals surface area contributed by atoms with Gasteiger partial charge >= 0.3 is 0 Å². The molecule has 0 aliphatic heterocycles. The van der Waals surface area contributed by atoms with E-state index in [0.717, 1.165) is 18.2 Å². The van der Waals surface area contributed by atoms with Crippen molar-refractivity contribution >= 4 is 11.9 Å². The summed E-state index contributed by atoms with van der Waals surface area (Å²) in [6, 6.07) is 3.17. The topological polar surface area (TPSA) is 89.5 Å². The Labute approximate surface area is 91.3 Å². The molecule has 0 bridgehead atoms. The van der Waals surface area contributed by atoms with Crippen LogP contribution in [0.5, 0.6) is 5.75 Å². The predicted molar refractivity (Wildman–Crippen MR) is 49.4 cm³/mol. The minimum atomic E-state index is -1.51. The molecular formula is C11H6O5-2. The Morgan fingerprint density at radius 1 is 1.19 bits per heavy atom. The molecule has 0 saturated heterocycles. The van der Waals surface area contributed by atoms with Crippen LogP contribution < -0.4 is 14.9 Å². The maximum atomic E-state index is 10.6. The average molecular weight is 218 g/mol. The summed E-state index contributed by atoms with van der Waals surface area (Å²) in [5, 5.41) is 21.2. The molecule has 0 aliphatic carbocycles. The van der Waals surface area contributed by atoms with Crippen molar-refractivity contribution in [2.24, 2.45) is 0 Å². The van der Waals surface area contributed by atoms with Gasteiger partial charge in [-0.15, -0.1) is 6.42 Å². The average Bonchev–Trinajstić information content (AvgIpc) is 2.25. The van der Waals surface area contributed by atoms with Crippen LogP contribution in [0.4, 0.5) is 0 Å². The van der Waals surface area contributed by atoms with Crippen molar-refractivity contribution in [1.82, 2.24) is 0 Å². The highest BCUT2D eigenvalue weighted by atomic mass is 16.5. The number of carbonyl (C=O) groups excluding carboxylic acids is 2. The molecule has 0 fully saturated rings. The van der Waals surface area contributed by atoms with Crippen molar-refractivity contribution in [3.63, 3.8) is 0 Å². The molecule has 0 aliphatic rings. The largest absolute Gasteiger partial charge is 0.545 e. The number of carbonyl (C=O) groups is 2. The molecule has 0 unspecified atom stereocenters. The third-order valence-electron chi connectivity index (χ3n) is 1.70. The number of hydrogen-bond donors (Lipinski definition) is 0. The van der Waals surface area contributed by atoms with Crippen LogP contribution in [-0.4, -0.2) is 18.5 Å². The Morgan fingerprint density at radius 3 is 2.06 bits per heavy atom. The third kappa shape index (κ3) is 2.75. The van der Waals surface area contributed by atoms with E-state index in [1.165, 1.54) is 0 Å². The van der Waals surface area contributed by atoms with Gasteiger partial charge in [0.1, 0.15) is 12.4 Å². The lowest BCUT2D eigenvalue weighted by molar-refractivity contribution is -0.255. The molecule has 16 heavy (non-hydrogen) atoms. The lowest BCUT2D eigenvalue weighted by Crippen LogP contribution is -2.25.